The van der Waals surface area contributed by atoms with Gasteiger partial charge in [0.1, 0.15) is 11.9 Å². The van der Waals surface area contributed by atoms with E-state index < -0.39 is 11.9 Å². The van der Waals surface area contributed by atoms with Crippen LogP contribution in [-0.4, -0.2) is 69.1 Å². The lowest BCUT2D eigenvalue weighted by Gasteiger charge is -2.36. The molecule has 1 saturated heterocycles. The largest absolute Gasteiger partial charge is 0.369 e. The highest BCUT2D eigenvalue weighted by Crippen LogP contribution is 2.25. The first-order chi connectivity index (χ1) is 22.0. The summed E-state index contributed by atoms with van der Waals surface area (Å²) in [5, 5.41) is 12.8. The van der Waals surface area contributed by atoms with Gasteiger partial charge < -0.3 is 15.5 Å². The van der Waals surface area contributed by atoms with Crippen molar-refractivity contribution in [2.75, 3.05) is 36.4 Å². The number of pyridine rings is 1. The zero-order valence-corrected chi connectivity index (χ0v) is 26.5. The Bertz CT molecular complexity index is 1520. The van der Waals surface area contributed by atoms with E-state index in [-0.39, 0.29) is 11.7 Å². The molecule has 0 bridgehead atoms. The maximum atomic E-state index is 13.1. The number of hydrogen-bond acceptors (Lipinski definition) is 7. The maximum absolute atomic E-state index is 13.1. The second-order valence-corrected chi connectivity index (χ2v) is 10.7. The number of rotatable bonds is 7. The average molecular weight is 609 g/mol. The lowest BCUT2D eigenvalue weighted by Crippen LogP contribution is -2.46. The van der Waals surface area contributed by atoms with Crippen LogP contribution in [0.3, 0.4) is 0 Å². The van der Waals surface area contributed by atoms with Gasteiger partial charge in [0, 0.05) is 62.9 Å². The number of hydrogen-bond donors (Lipinski definition) is 3. The van der Waals surface area contributed by atoms with Gasteiger partial charge in [-0.2, -0.15) is 0 Å². The van der Waals surface area contributed by atoms with Gasteiger partial charge in [-0.1, -0.05) is 62.4 Å². The van der Waals surface area contributed by atoms with Gasteiger partial charge in [-0.3, -0.25) is 24.6 Å². The standard InChI is InChI=1S/C30H32N8O2.C3H6.C2H6/c39-29-25(32-30(40)28-34-27(35-36-28)19-21-4-2-1-3-5-21)9-8-23-7-6-22(18-26(23)33-29)20-37-14-16-38(17-15-37)24-10-12-31-13-11-24;1-3-2;1-2/h1-7,10-13,18,25H,8-9,14-17,19-20H2,(H,32,40)(H,33,39)(H,34,35,36);3H,1H2,2H3;1-2H3. The molecule has 4 heterocycles. The molecule has 45 heavy (non-hydrogen) atoms. The molecule has 0 saturated carbocycles. The minimum absolute atomic E-state index is 0.0341. The van der Waals surface area contributed by atoms with Crippen LogP contribution in [0, 0.1) is 0 Å². The number of benzene rings is 2. The lowest BCUT2D eigenvalue weighted by atomic mass is 10.0. The first kappa shape index (κ1) is 33.1. The molecule has 2 amide bonds. The molecule has 6 rings (SSSR count). The molecule has 4 aromatic rings. The van der Waals surface area contributed by atoms with Gasteiger partial charge in [0.2, 0.25) is 11.7 Å². The molecule has 0 spiro atoms. The number of piperazine rings is 1. The van der Waals surface area contributed by atoms with E-state index in [4.69, 9.17) is 0 Å². The number of aromatic amines is 1. The number of anilines is 2. The van der Waals surface area contributed by atoms with Crippen LogP contribution in [0.15, 0.2) is 85.7 Å². The molecule has 2 aliphatic rings. The number of nitrogens with zero attached hydrogens (tertiary/aromatic N) is 5. The third-order valence-corrected chi connectivity index (χ3v) is 7.51. The van der Waals surface area contributed by atoms with E-state index in [1.165, 1.54) is 5.69 Å². The molecule has 0 radical (unpaired) electrons. The molecular weight excluding hydrogens is 564 g/mol. The van der Waals surface area contributed by atoms with Crippen LogP contribution in [-0.2, 0) is 24.2 Å². The van der Waals surface area contributed by atoms with E-state index in [0.29, 0.717) is 25.1 Å². The predicted molar refractivity (Wildman–Crippen MR) is 179 cm³/mol. The Morgan fingerprint density at radius 2 is 1.73 bits per heavy atom. The molecule has 10 heteroatoms. The van der Waals surface area contributed by atoms with Crippen LogP contribution in [0.1, 0.15) is 60.3 Å². The van der Waals surface area contributed by atoms with Crippen LogP contribution in [0.5, 0.6) is 0 Å². The lowest BCUT2D eigenvalue weighted by molar-refractivity contribution is -0.118. The summed E-state index contributed by atoms with van der Waals surface area (Å²) in [6.07, 6.45) is 7.14. The average Bonchev–Trinajstić information content (AvgIpc) is 3.48. The number of aryl methyl sites for hydroxylation is 1. The quantitative estimate of drug-likeness (QED) is 0.252. The molecule has 1 atom stereocenters. The van der Waals surface area contributed by atoms with Gasteiger partial charge in [0.05, 0.1) is 0 Å². The zero-order valence-electron chi connectivity index (χ0n) is 26.5. The molecule has 2 aromatic carbocycles. The number of carbonyl (C=O) groups excluding carboxylic acids is 2. The SMILES string of the molecule is C=CC.CC.O=C(NC1CCc2ccc(CN3CCN(c4ccncc4)CC3)cc2NC1=O)c1n[nH]c(Cc2ccccc2)n1. The van der Waals surface area contributed by atoms with E-state index in [1.54, 1.807) is 6.08 Å². The summed E-state index contributed by atoms with van der Waals surface area (Å²) in [6, 6.07) is 19.6. The van der Waals surface area contributed by atoms with Crippen molar-refractivity contribution in [3.8, 4) is 0 Å². The molecule has 1 fully saturated rings. The van der Waals surface area contributed by atoms with E-state index >= 15 is 0 Å². The van der Waals surface area contributed by atoms with Gasteiger partial charge in [-0.25, -0.2) is 4.98 Å². The third kappa shape index (κ3) is 9.33. The van der Waals surface area contributed by atoms with E-state index in [2.05, 4.69) is 77.5 Å². The molecule has 1 unspecified atom stereocenters. The van der Waals surface area contributed by atoms with Crippen LogP contribution < -0.4 is 15.5 Å². The summed E-state index contributed by atoms with van der Waals surface area (Å²) < 4.78 is 0. The Kier molecular flexibility index (Phi) is 12.4. The summed E-state index contributed by atoms with van der Waals surface area (Å²) in [4.78, 5) is 39.2. The molecule has 236 valence electrons. The Hall–Kier alpha value is -4.83. The fourth-order valence-electron chi connectivity index (χ4n) is 5.31. The highest BCUT2D eigenvalue weighted by Gasteiger charge is 2.27. The van der Waals surface area contributed by atoms with Gasteiger partial charge >= 0.3 is 0 Å². The van der Waals surface area contributed by atoms with Crippen molar-refractivity contribution in [2.45, 2.75) is 52.6 Å². The van der Waals surface area contributed by atoms with Gasteiger partial charge in [0.15, 0.2) is 0 Å². The number of aromatic nitrogens is 4. The maximum Gasteiger partial charge on any atom is 0.291 e. The van der Waals surface area contributed by atoms with Gasteiger partial charge in [-0.15, -0.1) is 11.7 Å². The summed E-state index contributed by atoms with van der Waals surface area (Å²) >= 11 is 0. The molecule has 3 N–H and O–H groups in total. The van der Waals surface area contributed by atoms with Crippen LogP contribution in [0.25, 0.3) is 0 Å². The molecule has 2 aromatic heterocycles. The van der Waals surface area contributed by atoms with E-state index in [0.717, 1.165) is 55.1 Å². The highest BCUT2D eigenvalue weighted by atomic mass is 16.2. The number of H-pyrrole nitrogens is 1. The minimum atomic E-state index is -0.666. The minimum Gasteiger partial charge on any atom is -0.369 e. The topological polar surface area (TPSA) is 119 Å². The molecule has 2 aliphatic heterocycles. The number of nitrogens with one attached hydrogen (secondary N) is 3. The van der Waals surface area contributed by atoms with Gasteiger partial charge in [0.25, 0.3) is 5.91 Å². The zero-order chi connectivity index (χ0) is 32.0. The first-order valence-corrected chi connectivity index (χ1v) is 15.7. The van der Waals surface area contributed by atoms with Crippen molar-refractivity contribution >= 4 is 23.2 Å². The Balaban J connectivity index is 0.000000871. The van der Waals surface area contributed by atoms with E-state index in [9.17, 15) is 9.59 Å². The number of carbonyl (C=O) groups is 2. The van der Waals surface area contributed by atoms with Crippen molar-refractivity contribution in [3.05, 3.63) is 114 Å². The smallest absolute Gasteiger partial charge is 0.291 e. The Morgan fingerprint density at radius 1 is 1.02 bits per heavy atom. The number of allylic oxidation sites excluding steroid dienone is 1. The second-order valence-electron chi connectivity index (χ2n) is 10.7. The number of amides is 2. The summed E-state index contributed by atoms with van der Waals surface area (Å²) in [5.74, 6) is -0.0595. The van der Waals surface area contributed by atoms with Crippen molar-refractivity contribution in [1.29, 1.82) is 0 Å². The van der Waals surface area contributed by atoms with Crippen LogP contribution in [0.4, 0.5) is 11.4 Å². The Labute approximate surface area is 266 Å². The summed E-state index contributed by atoms with van der Waals surface area (Å²) in [7, 11) is 0. The van der Waals surface area contributed by atoms with Crippen molar-refractivity contribution in [3.63, 3.8) is 0 Å². The number of fused-ring (bicyclic) bond motifs is 1. The van der Waals surface area contributed by atoms with E-state index in [1.807, 2.05) is 63.5 Å². The summed E-state index contributed by atoms with van der Waals surface area (Å²) in [5.41, 5.74) is 5.32. The third-order valence-electron chi connectivity index (χ3n) is 7.51. The van der Waals surface area contributed by atoms with Gasteiger partial charge in [-0.05, 0) is 54.7 Å². The predicted octanol–water partition coefficient (Wildman–Crippen LogP) is 5.01. The monoisotopic (exact) mass is 608 g/mol. The van der Waals surface area contributed by atoms with Crippen LogP contribution >= 0.6 is 0 Å². The highest BCUT2D eigenvalue weighted by molar-refractivity contribution is 6.00. The van der Waals surface area contributed by atoms with Crippen molar-refractivity contribution in [1.82, 2.24) is 30.4 Å². The van der Waals surface area contributed by atoms with Crippen molar-refractivity contribution < 1.29 is 9.59 Å². The summed E-state index contributed by atoms with van der Waals surface area (Å²) in [6.45, 7) is 13.9. The fraction of sp³-hybridized carbons (Fsp3) is 0.343. The second kappa shape index (κ2) is 16.9. The normalized spacial score (nSPS) is 16.0. The molecule has 10 nitrogen and oxygen atoms in total. The molecule has 0 aliphatic carbocycles. The van der Waals surface area contributed by atoms with Crippen molar-refractivity contribution in [2.24, 2.45) is 0 Å². The fourth-order valence-corrected chi connectivity index (χ4v) is 5.31. The first-order valence-electron chi connectivity index (χ1n) is 15.7. The Morgan fingerprint density at radius 3 is 2.44 bits per heavy atom. The molecular formula is C35H44N8O2. The van der Waals surface area contributed by atoms with Crippen LogP contribution in [0.2, 0.25) is 0 Å².